The number of nitro groups is 1. The van der Waals surface area contributed by atoms with Crippen LogP contribution >= 0.6 is 11.6 Å². The smallest absolute Gasteiger partial charge is 0.269 e. The van der Waals surface area contributed by atoms with Gasteiger partial charge in [0.1, 0.15) is 5.75 Å². The van der Waals surface area contributed by atoms with Crippen molar-refractivity contribution in [2.24, 2.45) is 5.92 Å². The SMILES string of the molecule is O=[N+]([O-])c1ccc(Cl)c(C2Nc3c(OCCCc4ccccc4)cccc3C3C=CCC32)c1. The van der Waals surface area contributed by atoms with E-state index in [2.05, 4.69) is 47.8 Å². The van der Waals surface area contributed by atoms with Gasteiger partial charge in [-0.3, -0.25) is 10.1 Å². The second kappa shape index (κ2) is 9.28. The summed E-state index contributed by atoms with van der Waals surface area (Å²) >= 11 is 6.54. The van der Waals surface area contributed by atoms with Gasteiger partial charge in [-0.25, -0.2) is 0 Å². The number of nitro benzene ring substituents is 1. The second-order valence-corrected chi connectivity index (χ2v) is 9.00. The fraction of sp³-hybridized carbons (Fsp3) is 0.259. The summed E-state index contributed by atoms with van der Waals surface area (Å²) in [6.07, 6.45) is 7.20. The monoisotopic (exact) mass is 460 g/mol. The Kier molecular flexibility index (Phi) is 6.05. The molecule has 1 aliphatic heterocycles. The quantitative estimate of drug-likeness (QED) is 0.177. The third-order valence-corrected chi connectivity index (χ3v) is 6.94. The number of anilines is 1. The van der Waals surface area contributed by atoms with Crippen LogP contribution in [0.4, 0.5) is 11.4 Å². The summed E-state index contributed by atoms with van der Waals surface area (Å²) in [5, 5.41) is 15.6. The van der Waals surface area contributed by atoms with E-state index in [1.807, 2.05) is 18.2 Å². The van der Waals surface area contributed by atoms with Crippen molar-refractivity contribution in [2.75, 3.05) is 11.9 Å². The number of para-hydroxylation sites is 1. The first kappa shape index (κ1) is 21.5. The van der Waals surface area contributed by atoms with Gasteiger partial charge < -0.3 is 10.1 Å². The lowest BCUT2D eigenvalue weighted by Crippen LogP contribution is -2.29. The molecule has 3 atom stereocenters. The van der Waals surface area contributed by atoms with Crippen molar-refractivity contribution in [3.8, 4) is 5.75 Å². The zero-order valence-corrected chi connectivity index (χ0v) is 18.9. The van der Waals surface area contributed by atoms with Crippen molar-refractivity contribution in [3.05, 3.63) is 111 Å². The molecule has 0 saturated heterocycles. The van der Waals surface area contributed by atoms with Gasteiger partial charge in [-0.15, -0.1) is 0 Å². The minimum absolute atomic E-state index is 0.0509. The van der Waals surface area contributed by atoms with Crippen LogP contribution in [-0.4, -0.2) is 11.5 Å². The molecule has 1 heterocycles. The number of ether oxygens (including phenoxy) is 1. The molecule has 1 N–H and O–H groups in total. The molecule has 33 heavy (non-hydrogen) atoms. The van der Waals surface area contributed by atoms with Crippen molar-refractivity contribution in [1.82, 2.24) is 0 Å². The second-order valence-electron chi connectivity index (χ2n) is 8.60. The van der Waals surface area contributed by atoms with Gasteiger partial charge in [-0.1, -0.05) is 66.2 Å². The molecule has 0 aromatic heterocycles. The number of aryl methyl sites for hydroxylation is 1. The third kappa shape index (κ3) is 4.33. The molecule has 6 heteroatoms. The summed E-state index contributed by atoms with van der Waals surface area (Å²) in [6, 6.07) is 21.1. The molecule has 0 fully saturated rings. The van der Waals surface area contributed by atoms with Gasteiger partial charge in [0.15, 0.2) is 0 Å². The lowest BCUT2D eigenvalue weighted by atomic mass is 9.77. The Morgan fingerprint density at radius 1 is 1.06 bits per heavy atom. The number of nitrogens with zero attached hydrogens (tertiary/aromatic N) is 1. The molecule has 3 aromatic rings. The maximum Gasteiger partial charge on any atom is 0.269 e. The van der Waals surface area contributed by atoms with Gasteiger partial charge in [0, 0.05) is 28.6 Å². The molecule has 0 spiro atoms. The molecule has 168 valence electrons. The molecule has 5 nitrogen and oxygen atoms in total. The maximum absolute atomic E-state index is 11.4. The lowest BCUT2D eigenvalue weighted by Gasteiger charge is -2.38. The highest BCUT2D eigenvalue weighted by atomic mass is 35.5. The highest BCUT2D eigenvalue weighted by molar-refractivity contribution is 6.31. The Labute approximate surface area is 198 Å². The normalized spacial score (nSPS) is 20.6. The van der Waals surface area contributed by atoms with Gasteiger partial charge >= 0.3 is 0 Å². The molecule has 3 unspecified atom stereocenters. The number of halogens is 1. The van der Waals surface area contributed by atoms with E-state index in [-0.39, 0.29) is 28.5 Å². The summed E-state index contributed by atoms with van der Waals surface area (Å²) < 4.78 is 6.22. The van der Waals surface area contributed by atoms with Crippen molar-refractivity contribution in [3.63, 3.8) is 0 Å². The number of nitrogens with one attached hydrogen (secondary N) is 1. The summed E-state index contributed by atoms with van der Waals surface area (Å²) in [5.41, 5.74) is 4.27. The van der Waals surface area contributed by atoms with Crippen molar-refractivity contribution in [1.29, 1.82) is 0 Å². The predicted molar refractivity (Wildman–Crippen MR) is 131 cm³/mol. The minimum Gasteiger partial charge on any atom is -0.491 e. The van der Waals surface area contributed by atoms with Crippen LogP contribution in [0.5, 0.6) is 5.75 Å². The molecule has 2 aliphatic rings. The molecule has 3 aromatic carbocycles. The molecule has 5 rings (SSSR count). The van der Waals surface area contributed by atoms with Crippen LogP contribution in [0, 0.1) is 16.0 Å². The topological polar surface area (TPSA) is 64.4 Å². The highest BCUT2D eigenvalue weighted by Gasteiger charge is 2.40. The number of allylic oxidation sites excluding steroid dienone is 2. The number of hydrogen-bond acceptors (Lipinski definition) is 4. The summed E-state index contributed by atoms with van der Waals surface area (Å²) in [5.74, 6) is 1.27. The molecule has 0 amide bonds. The fourth-order valence-electron chi connectivity index (χ4n) is 5.01. The van der Waals surface area contributed by atoms with Crippen LogP contribution in [0.25, 0.3) is 0 Å². The van der Waals surface area contributed by atoms with Crippen molar-refractivity contribution < 1.29 is 9.66 Å². The molecule has 0 saturated carbocycles. The molecular weight excluding hydrogens is 436 g/mol. The minimum atomic E-state index is -0.373. The Morgan fingerprint density at radius 2 is 1.91 bits per heavy atom. The average molecular weight is 461 g/mol. The first-order chi connectivity index (χ1) is 16.1. The number of benzene rings is 3. The van der Waals surface area contributed by atoms with Gasteiger partial charge in [0.05, 0.1) is 23.3 Å². The number of fused-ring (bicyclic) bond motifs is 3. The van der Waals surface area contributed by atoms with Crippen LogP contribution in [0.3, 0.4) is 0 Å². The van der Waals surface area contributed by atoms with E-state index in [4.69, 9.17) is 16.3 Å². The molecule has 1 aliphatic carbocycles. The van der Waals surface area contributed by atoms with Gasteiger partial charge in [-0.2, -0.15) is 0 Å². The number of non-ortho nitro benzene ring substituents is 1. The van der Waals surface area contributed by atoms with E-state index in [1.165, 1.54) is 17.2 Å². The summed E-state index contributed by atoms with van der Waals surface area (Å²) in [4.78, 5) is 11.0. The van der Waals surface area contributed by atoms with Crippen LogP contribution in [0.15, 0.2) is 78.9 Å². The Balaban J connectivity index is 1.40. The molecule has 0 radical (unpaired) electrons. The van der Waals surface area contributed by atoms with Crippen LogP contribution < -0.4 is 10.1 Å². The standard InChI is InChI=1S/C27H25ClN2O3/c28-24-15-14-19(30(31)32)17-23(24)26-21-11-4-10-20(21)22-12-5-13-25(27(22)29-26)33-16-6-9-18-7-2-1-3-8-18/h1-5,7-8,10,12-15,17,20-21,26,29H,6,9,11,16H2. The van der Waals surface area contributed by atoms with Crippen LogP contribution in [0.2, 0.25) is 5.02 Å². The first-order valence-electron chi connectivity index (χ1n) is 11.3. The Hall–Kier alpha value is -3.31. The Bertz CT molecular complexity index is 1200. The van der Waals surface area contributed by atoms with E-state index in [1.54, 1.807) is 12.1 Å². The highest BCUT2D eigenvalue weighted by Crippen LogP contribution is 2.53. The average Bonchev–Trinajstić information content (AvgIpc) is 3.33. The van der Waals surface area contributed by atoms with Gasteiger partial charge in [0.25, 0.3) is 5.69 Å². The Morgan fingerprint density at radius 3 is 2.73 bits per heavy atom. The van der Waals surface area contributed by atoms with Crippen molar-refractivity contribution in [2.45, 2.75) is 31.2 Å². The van der Waals surface area contributed by atoms with E-state index in [0.717, 1.165) is 36.3 Å². The largest absolute Gasteiger partial charge is 0.491 e. The van der Waals surface area contributed by atoms with E-state index >= 15 is 0 Å². The zero-order valence-electron chi connectivity index (χ0n) is 18.1. The predicted octanol–water partition coefficient (Wildman–Crippen LogP) is 7.09. The summed E-state index contributed by atoms with van der Waals surface area (Å²) in [7, 11) is 0. The maximum atomic E-state index is 11.4. The van der Waals surface area contributed by atoms with Crippen molar-refractivity contribution >= 4 is 23.0 Å². The van der Waals surface area contributed by atoms with Gasteiger partial charge in [-0.05, 0) is 48.4 Å². The first-order valence-corrected chi connectivity index (χ1v) is 11.7. The number of rotatable bonds is 7. The summed E-state index contributed by atoms with van der Waals surface area (Å²) in [6.45, 7) is 0.610. The van der Waals surface area contributed by atoms with Crippen LogP contribution in [-0.2, 0) is 6.42 Å². The van der Waals surface area contributed by atoms with E-state index < -0.39 is 0 Å². The fourth-order valence-corrected chi connectivity index (χ4v) is 5.24. The van der Waals surface area contributed by atoms with Gasteiger partial charge in [0.2, 0.25) is 0 Å². The molecule has 0 bridgehead atoms. The number of hydrogen-bond donors (Lipinski definition) is 1. The third-order valence-electron chi connectivity index (χ3n) is 6.59. The van der Waals surface area contributed by atoms with E-state index in [9.17, 15) is 10.1 Å². The zero-order chi connectivity index (χ0) is 22.8. The van der Waals surface area contributed by atoms with E-state index in [0.29, 0.717) is 11.6 Å². The molecular formula is C27H25ClN2O3. The van der Waals surface area contributed by atoms with Crippen LogP contribution in [0.1, 0.15) is 41.5 Å². The lowest BCUT2D eigenvalue weighted by molar-refractivity contribution is -0.384.